The highest BCUT2D eigenvalue weighted by molar-refractivity contribution is 8.00. The molecule has 0 saturated heterocycles. The van der Waals surface area contributed by atoms with Gasteiger partial charge in [-0.15, -0.1) is 21.5 Å². The Bertz CT molecular complexity index is 679. The van der Waals surface area contributed by atoms with Gasteiger partial charge >= 0.3 is 5.97 Å². The van der Waals surface area contributed by atoms with E-state index in [-0.39, 0.29) is 11.2 Å². The maximum absolute atomic E-state index is 12.0. The molecule has 0 amide bonds. The monoisotopic (exact) mass is 379 g/mol. The van der Waals surface area contributed by atoms with Crippen molar-refractivity contribution in [2.24, 2.45) is 0 Å². The number of hydrogen-bond donors (Lipinski definition) is 0. The first-order valence-corrected chi connectivity index (χ1v) is 10.7. The van der Waals surface area contributed by atoms with E-state index in [4.69, 9.17) is 4.74 Å². The Balaban J connectivity index is 1.88. The molecule has 0 aromatic carbocycles. The lowest BCUT2D eigenvalue weighted by Gasteiger charge is -2.26. The Morgan fingerprint density at radius 1 is 1.40 bits per heavy atom. The Hall–Kier alpha value is -1.34. The molecule has 1 aliphatic carbocycles. The van der Waals surface area contributed by atoms with Gasteiger partial charge in [0.05, 0.1) is 7.11 Å². The van der Waals surface area contributed by atoms with Gasteiger partial charge in [-0.05, 0) is 30.7 Å². The van der Waals surface area contributed by atoms with Crippen LogP contribution in [0, 0.1) is 0 Å². The molecular formula is C18H25N3O2S2. The number of aromatic nitrogens is 3. The van der Waals surface area contributed by atoms with E-state index in [1.54, 1.807) is 11.3 Å². The first-order chi connectivity index (χ1) is 12.2. The normalized spacial score (nSPS) is 16.7. The second-order valence-electron chi connectivity index (χ2n) is 6.35. The van der Waals surface area contributed by atoms with Gasteiger partial charge in [-0.3, -0.25) is 4.79 Å². The zero-order valence-electron chi connectivity index (χ0n) is 14.8. The van der Waals surface area contributed by atoms with Gasteiger partial charge in [0, 0.05) is 17.3 Å². The van der Waals surface area contributed by atoms with Gasteiger partial charge in [-0.1, -0.05) is 44.0 Å². The summed E-state index contributed by atoms with van der Waals surface area (Å²) in [4.78, 5) is 13.3. The van der Waals surface area contributed by atoms with Crippen molar-refractivity contribution in [3.05, 3.63) is 28.2 Å². The summed E-state index contributed by atoms with van der Waals surface area (Å²) in [5.74, 6) is 0.821. The van der Waals surface area contributed by atoms with Crippen molar-refractivity contribution in [1.29, 1.82) is 0 Å². The van der Waals surface area contributed by atoms with Gasteiger partial charge in [-0.2, -0.15) is 0 Å². The smallest absolute Gasteiger partial charge is 0.319 e. The van der Waals surface area contributed by atoms with E-state index in [0.717, 1.165) is 36.7 Å². The molecule has 136 valence electrons. The van der Waals surface area contributed by atoms with Crippen molar-refractivity contribution >= 4 is 29.1 Å². The first kappa shape index (κ1) is 18.5. The molecule has 1 unspecified atom stereocenters. The summed E-state index contributed by atoms with van der Waals surface area (Å²) in [6.45, 7) is 2.00. The van der Waals surface area contributed by atoms with Gasteiger partial charge in [0.25, 0.3) is 0 Å². The van der Waals surface area contributed by atoms with Crippen molar-refractivity contribution in [3.8, 4) is 0 Å². The zero-order valence-corrected chi connectivity index (χ0v) is 16.4. The summed E-state index contributed by atoms with van der Waals surface area (Å²) in [6, 6.07) is 4.65. The quantitative estimate of drug-likeness (QED) is 0.524. The molecule has 0 N–H and O–H groups in total. The number of thiophene rings is 1. The Labute approximate surface area is 157 Å². The van der Waals surface area contributed by atoms with Crippen LogP contribution in [0.1, 0.15) is 62.2 Å². The van der Waals surface area contributed by atoms with E-state index in [0.29, 0.717) is 6.04 Å². The van der Waals surface area contributed by atoms with E-state index >= 15 is 0 Å². The molecule has 2 aromatic heterocycles. The van der Waals surface area contributed by atoms with Crippen molar-refractivity contribution in [3.63, 3.8) is 0 Å². The van der Waals surface area contributed by atoms with Crippen LogP contribution in [0.3, 0.4) is 0 Å². The second-order valence-corrected chi connectivity index (χ2v) is 8.56. The Kier molecular flexibility index (Phi) is 6.53. The maximum Gasteiger partial charge on any atom is 0.319 e. The minimum absolute atomic E-state index is 0.189. The molecule has 2 aromatic rings. The first-order valence-electron chi connectivity index (χ1n) is 8.93. The minimum Gasteiger partial charge on any atom is -0.468 e. The molecule has 1 atom stereocenters. The molecular weight excluding hydrogens is 354 g/mol. The predicted octanol–water partition coefficient (Wildman–Crippen LogP) is 4.48. The Morgan fingerprint density at radius 3 is 2.84 bits per heavy atom. The number of rotatable bonds is 7. The third-order valence-corrected chi connectivity index (χ3v) is 6.85. The Morgan fingerprint density at radius 2 is 2.20 bits per heavy atom. The number of thioether (sulfide) groups is 1. The van der Waals surface area contributed by atoms with Crippen molar-refractivity contribution in [1.82, 2.24) is 14.8 Å². The van der Waals surface area contributed by atoms with Crippen LogP contribution < -0.4 is 0 Å². The average molecular weight is 380 g/mol. The second kappa shape index (κ2) is 8.85. The lowest BCUT2D eigenvalue weighted by molar-refractivity contribution is -0.140. The highest BCUT2D eigenvalue weighted by Gasteiger charge is 2.27. The number of carbonyl (C=O) groups is 1. The summed E-state index contributed by atoms with van der Waals surface area (Å²) in [6.07, 6.45) is 7.66. The molecule has 0 aliphatic heterocycles. The van der Waals surface area contributed by atoms with Crippen LogP contribution in [0.4, 0.5) is 0 Å². The van der Waals surface area contributed by atoms with Gasteiger partial charge in [0.2, 0.25) is 0 Å². The molecule has 1 fully saturated rings. The summed E-state index contributed by atoms with van der Waals surface area (Å²) in [7, 11) is 1.44. The molecule has 1 saturated carbocycles. The fourth-order valence-corrected chi connectivity index (χ4v) is 5.11. The van der Waals surface area contributed by atoms with Crippen molar-refractivity contribution < 1.29 is 9.53 Å². The lowest BCUT2D eigenvalue weighted by atomic mass is 9.95. The third-order valence-electron chi connectivity index (χ3n) is 4.67. The van der Waals surface area contributed by atoms with Crippen molar-refractivity contribution in [2.75, 3.05) is 7.11 Å². The third kappa shape index (κ3) is 4.44. The van der Waals surface area contributed by atoms with Crippen LogP contribution >= 0.6 is 23.1 Å². The number of esters is 1. The van der Waals surface area contributed by atoms with Gasteiger partial charge in [0.1, 0.15) is 11.1 Å². The number of methoxy groups -OCH3 is 1. The zero-order chi connectivity index (χ0) is 17.6. The van der Waals surface area contributed by atoms with E-state index < -0.39 is 0 Å². The van der Waals surface area contributed by atoms with Gasteiger partial charge in [0.15, 0.2) is 5.16 Å². The minimum atomic E-state index is -0.230. The molecule has 3 rings (SSSR count). The molecule has 2 heterocycles. The van der Waals surface area contributed by atoms with Crippen LogP contribution in [-0.2, 0) is 16.0 Å². The number of ether oxygens (including phenoxy) is 1. The van der Waals surface area contributed by atoms with E-state index in [9.17, 15) is 4.79 Å². The van der Waals surface area contributed by atoms with Crippen LogP contribution in [0.15, 0.2) is 22.7 Å². The molecule has 0 radical (unpaired) electrons. The SMILES string of the molecule is CCC(Sc1nnc(Cc2cccs2)n1C1CCCCC1)C(=O)OC. The number of nitrogens with zero attached hydrogens (tertiary/aromatic N) is 3. The van der Waals surface area contributed by atoms with E-state index in [2.05, 4.69) is 32.3 Å². The van der Waals surface area contributed by atoms with E-state index in [1.165, 1.54) is 43.0 Å². The molecule has 1 aliphatic rings. The average Bonchev–Trinajstić information content (AvgIpc) is 3.30. The van der Waals surface area contributed by atoms with Gasteiger partial charge in [-0.25, -0.2) is 0 Å². The fraction of sp³-hybridized carbons (Fsp3) is 0.611. The summed E-state index contributed by atoms with van der Waals surface area (Å²) in [5.41, 5.74) is 0. The fourth-order valence-electron chi connectivity index (χ4n) is 3.34. The van der Waals surface area contributed by atoms with Gasteiger partial charge < -0.3 is 9.30 Å². The molecule has 5 nitrogen and oxygen atoms in total. The largest absolute Gasteiger partial charge is 0.468 e. The number of carbonyl (C=O) groups excluding carboxylic acids is 1. The van der Waals surface area contributed by atoms with Crippen LogP contribution in [0.5, 0.6) is 0 Å². The number of hydrogen-bond acceptors (Lipinski definition) is 6. The van der Waals surface area contributed by atoms with E-state index in [1.807, 2.05) is 6.92 Å². The summed E-state index contributed by atoms with van der Waals surface area (Å²) >= 11 is 3.24. The lowest BCUT2D eigenvalue weighted by Crippen LogP contribution is -2.21. The summed E-state index contributed by atoms with van der Waals surface area (Å²) < 4.78 is 7.24. The predicted molar refractivity (Wildman–Crippen MR) is 101 cm³/mol. The molecule has 7 heteroatoms. The molecule has 0 bridgehead atoms. The van der Waals surface area contributed by atoms with Crippen molar-refractivity contribution in [2.45, 2.75) is 68.3 Å². The molecule has 0 spiro atoms. The van der Waals surface area contributed by atoms with Crippen LogP contribution in [0.2, 0.25) is 0 Å². The molecule has 25 heavy (non-hydrogen) atoms. The topological polar surface area (TPSA) is 57.0 Å². The highest BCUT2D eigenvalue weighted by Crippen LogP contribution is 2.35. The maximum atomic E-state index is 12.0. The highest BCUT2D eigenvalue weighted by atomic mass is 32.2. The van der Waals surface area contributed by atoms with Crippen LogP contribution in [0.25, 0.3) is 0 Å². The standard InChI is InChI=1S/C18H25N3O2S2/c1-3-15(17(22)23-2)25-18-20-19-16(12-14-10-7-11-24-14)21(18)13-8-5-4-6-9-13/h7,10-11,13,15H,3-6,8-9,12H2,1-2H3. The van der Waals surface area contributed by atoms with Crippen LogP contribution in [-0.4, -0.2) is 33.1 Å². The summed E-state index contributed by atoms with van der Waals surface area (Å²) in [5, 5.41) is 11.7.